The normalized spacial score (nSPS) is 12.7. The Kier molecular flexibility index (Phi) is 10.1. The number of fused-ring (bicyclic) bond motifs is 1. The molecule has 5 rings (SSSR count). The number of hydrogen-bond donors (Lipinski definition) is 3. The van der Waals surface area contributed by atoms with Gasteiger partial charge in [0, 0.05) is 36.4 Å². The monoisotopic (exact) mass is 631 g/mol. The number of ether oxygens (including phenoxy) is 3. The standard InChI is InChI=1S/C32H30FN5O6S/c1-42-26-10-8-22-24(11-12-34-30(22)29(26)31(41)35-19-28(40)38-13-15-43-16-14-38)44-25-9-7-21(18-23(25)33)36-32(45)37-27(39)17-20-5-3-2-4-6-20/h2-12,18H,13-17,19H2,1H3,(H,35,41)(H2,36,37,39,45). The molecule has 0 bridgehead atoms. The van der Waals surface area contributed by atoms with Gasteiger partial charge in [-0.2, -0.15) is 0 Å². The second-order valence-corrected chi connectivity index (χ2v) is 10.3. The molecule has 0 radical (unpaired) electrons. The first kappa shape index (κ1) is 31.3. The molecule has 45 heavy (non-hydrogen) atoms. The van der Waals surface area contributed by atoms with Crippen LogP contribution < -0.4 is 25.4 Å². The fraction of sp³-hybridized carbons (Fsp3) is 0.219. The van der Waals surface area contributed by atoms with Crippen molar-refractivity contribution in [3.63, 3.8) is 0 Å². The van der Waals surface area contributed by atoms with Gasteiger partial charge < -0.3 is 35.1 Å². The predicted molar refractivity (Wildman–Crippen MR) is 169 cm³/mol. The molecule has 1 fully saturated rings. The van der Waals surface area contributed by atoms with Gasteiger partial charge in [-0.15, -0.1) is 0 Å². The summed E-state index contributed by atoms with van der Waals surface area (Å²) in [5.74, 6) is -1.40. The zero-order valence-electron chi connectivity index (χ0n) is 24.3. The van der Waals surface area contributed by atoms with Gasteiger partial charge in [0.25, 0.3) is 5.91 Å². The molecular weight excluding hydrogens is 601 g/mol. The van der Waals surface area contributed by atoms with E-state index in [9.17, 15) is 14.4 Å². The molecule has 0 saturated carbocycles. The molecule has 13 heteroatoms. The van der Waals surface area contributed by atoms with Crippen LogP contribution in [0.25, 0.3) is 10.9 Å². The highest BCUT2D eigenvalue weighted by Gasteiger charge is 2.23. The van der Waals surface area contributed by atoms with Crippen LogP contribution in [0.15, 0.2) is 72.9 Å². The Labute approximate surface area is 263 Å². The summed E-state index contributed by atoms with van der Waals surface area (Å²) in [6.45, 7) is 1.61. The lowest BCUT2D eigenvalue weighted by Crippen LogP contribution is -2.45. The van der Waals surface area contributed by atoms with Crippen LogP contribution in [0.1, 0.15) is 15.9 Å². The fourth-order valence-electron chi connectivity index (χ4n) is 4.72. The third-order valence-electron chi connectivity index (χ3n) is 6.92. The van der Waals surface area contributed by atoms with Gasteiger partial charge in [0.1, 0.15) is 17.1 Å². The van der Waals surface area contributed by atoms with Crippen molar-refractivity contribution in [2.75, 3.05) is 45.3 Å². The summed E-state index contributed by atoms with van der Waals surface area (Å²) in [6, 6.07) is 18.1. The molecule has 1 aliphatic rings. The maximum atomic E-state index is 15.2. The van der Waals surface area contributed by atoms with E-state index in [2.05, 4.69) is 20.9 Å². The lowest BCUT2D eigenvalue weighted by Gasteiger charge is -2.26. The number of benzene rings is 3. The van der Waals surface area contributed by atoms with Gasteiger partial charge in [-0.05, 0) is 48.1 Å². The molecule has 3 aromatic carbocycles. The van der Waals surface area contributed by atoms with Gasteiger partial charge in [0.05, 0.1) is 38.8 Å². The van der Waals surface area contributed by atoms with Crippen molar-refractivity contribution in [3.05, 3.63) is 89.9 Å². The molecule has 2 heterocycles. The topological polar surface area (TPSA) is 131 Å². The van der Waals surface area contributed by atoms with Crippen LogP contribution in [0.4, 0.5) is 10.1 Å². The highest BCUT2D eigenvalue weighted by atomic mass is 32.1. The highest BCUT2D eigenvalue weighted by molar-refractivity contribution is 7.80. The maximum Gasteiger partial charge on any atom is 0.257 e. The van der Waals surface area contributed by atoms with E-state index >= 15 is 4.39 Å². The fourth-order valence-corrected chi connectivity index (χ4v) is 4.95. The largest absolute Gasteiger partial charge is 0.496 e. The number of anilines is 1. The Balaban J connectivity index is 1.27. The number of aromatic nitrogens is 1. The second-order valence-electron chi connectivity index (χ2n) is 9.94. The SMILES string of the molecule is COc1ccc2c(Oc3ccc(NC(=S)NC(=O)Cc4ccccc4)cc3F)ccnc2c1C(=O)NCC(=O)N1CCOCC1. The summed E-state index contributed by atoms with van der Waals surface area (Å²) < 4.78 is 31.7. The molecule has 3 amide bonds. The van der Waals surface area contributed by atoms with Crippen LogP contribution in [-0.4, -0.2) is 72.7 Å². The second kappa shape index (κ2) is 14.6. The molecule has 4 aromatic rings. The predicted octanol–water partition coefficient (Wildman–Crippen LogP) is 3.82. The van der Waals surface area contributed by atoms with Crippen molar-refractivity contribution in [1.82, 2.24) is 20.5 Å². The number of pyridine rings is 1. The van der Waals surface area contributed by atoms with E-state index in [4.69, 9.17) is 26.4 Å². The summed E-state index contributed by atoms with van der Waals surface area (Å²) >= 11 is 5.21. The van der Waals surface area contributed by atoms with Crippen molar-refractivity contribution in [2.24, 2.45) is 0 Å². The number of hydrogen-bond acceptors (Lipinski definition) is 8. The number of carbonyl (C=O) groups excluding carboxylic acids is 3. The van der Waals surface area contributed by atoms with E-state index in [1.165, 1.54) is 25.4 Å². The number of thiocarbonyl (C=S) groups is 1. The average molecular weight is 632 g/mol. The van der Waals surface area contributed by atoms with Crippen LogP contribution >= 0.6 is 12.2 Å². The maximum absolute atomic E-state index is 15.2. The van der Waals surface area contributed by atoms with Crippen molar-refractivity contribution in [1.29, 1.82) is 0 Å². The van der Waals surface area contributed by atoms with Crippen molar-refractivity contribution < 1.29 is 33.0 Å². The Hall–Kier alpha value is -5.14. The molecule has 1 saturated heterocycles. The first-order valence-electron chi connectivity index (χ1n) is 14.0. The lowest BCUT2D eigenvalue weighted by atomic mass is 10.1. The number of halogens is 1. The van der Waals surface area contributed by atoms with E-state index in [-0.39, 0.29) is 58.2 Å². The quantitative estimate of drug-likeness (QED) is 0.236. The van der Waals surface area contributed by atoms with Gasteiger partial charge in [0.2, 0.25) is 11.8 Å². The first-order chi connectivity index (χ1) is 21.8. The Bertz CT molecular complexity index is 1730. The minimum atomic E-state index is -0.698. The number of nitrogens with zero attached hydrogens (tertiary/aromatic N) is 2. The molecule has 11 nitrogen and oxygen atoms in total. The third kappa shape index (κ3) is 7.88. The Morgan fingerprint density at radius 2 is 1.76 bits per heavy atom. The van der Waals surface area contributed by atoms with Gasteiger partial charge in [0.15, 0.2) is 16.7 Å². The van der Waals surface area contributed by atoms with Crippen LogP contribution in [0.3, 0.4) is 0 Å². The molecule has 1 aliphatic heterocycles. The summed E-state index contributed by atoms with van der Waals surface area (Å²) in [5, 5.41) is 8.47. The molecular formula is C32H30FN5O6S. The molecule has 3 N–H and O–H groups in total. The van der Waals surface area contributed by atoms with E-state index < -0.39 is 11.7 Å². The number of amides is 3. The summed E-state index contributed by atoms with van der Waals surface area (Å²) in [4.78, 5) is 44.1. The molecule has 0 unspecified atom stereocenters. The Morgan fingerprint density at radius 3 is 2.49 bits per heavy atom. The average Bonchev–Trinajstić information content (AvgIpc) is 3.05. The summed E-state index contributed by atoms with van der Waals surface area (Å²) in [6.07, 6.45) is 1.57. The third-order valence-corrected chi connectivity index (χ3v) is 7.12. The molecule has 1 aromatic heterocycles. The van der Waals surface area contributed by atoms with Crippen molar-refractivity contribution >= 4 is 51.6 Å². The number of carbonyl (C=O) groups is 3. The summed E-state index contributed by atoms with van der Waals surface area (Å²) in [5.41, 5.74) is 1.50. The number of morpholine rings is 1. The van der Waals surface area contributed by atoms with Gasteiger partial charge >= 0.3 is 0 Å². The molecule has 232 valence electrons. The number of nitrogens with one attached hydrogen (secondary N) is 3. The highest BCUT2D eigenvalue weighted by Crippen LogP contribution is 2.35. The van der Waals surface area contributed by atoms with E-state index in [0.29, 0.717) is 37.4 Å². The van der Waals surface area contributed by atoms with Gasteiger partial charge in [-0.3, -0.25) is 19.4 Å². The summed E-state index contributed by atoms with van der Waals surface area (Å²) in [7, 11) is 1.42. The van der Waals surface area contributed by atoms with Crippen LogP contribution in [0.5, 0.6) is 17.2 Å². The number of methoxy groups -OCH3 is 1. The number of rotatable bonds is 9. The Morgan fingerprint density at radius 1 is 1.00 bits per heavy atom. The van der Waals surface area contributed by atoms with Crippen LogP contribution in [0, 0.1) is 5.82 Å². The molecule has 0 aliphatic carbocycles. The van der Waals surface area contributed by atoms with E-state index in [1.54, 1.807) is 29.2 Å². The van der Waals surface area contributed by atoms with Crippen LogP contribution in [0.2, 0.25) is 0 Å². The van der Waals surface area contributed by atoms with Gasteiger partial charge in [-0.25, -0.2) is 4.39 Å². The van der Waals surface area contributed by atoms with E-state index in [0.717, 1.165) is 5.56 Å². The molecule has 0 atom stereocenters. The van der Waals surface area contributed by atoms with Crippen molar-refractivity contribution in [3.8, 4) is 17.2 Å². The first-order valence-corrected chi connectivity index (χ1v) is 14.4. The zero-order valence-corrected chi connectivity index (χ0v) is 25.1. The molecule has 0 spiro atoms. The zero-order chi connectivity index (χ0) is 31.8. The minimum Gasteiger partial charge on any atom is -0.496 e. The van der Waals surface area contributed by atoms with E-state index in [1.807, 2.05) is 30.3 Å². The minimum absolute atomic E-state index is 0.0236. The smallest absolute Gasteiger partial charge is 0.257 e. The van der Waals surface area contributed by atoms with Crippen LogP contribution in [-0.2, 0) is 20.7 Å². The van der Waals surface area contributed by atoms with Crippen molar-refractivity contribution in [2.45, 2.75) is 6.42 Å². The van der Waals surface area contributed by atoms with Gasteiger partial charge in [-0.1, -0.05) is 30.3 Å². The lowest BCUT2D eigenvalue weighted by molar-refractivity contribution is -0.134.